The third-order valence-corrected chi connectivity index (χ3v) is 3.45. The summed E-state index contributed by atoms with van der Waals surface area (Å²) in [5, 5.41) is 4.40. The van der Waals surface area contributed by atoms with Crippen molar-refractivity contribution in [3.05, 3.63) is 47.6 Å². The van der Waals surface area contributed by atoms with Gasteiger partial charge in [-0.05, 0) is 25.1 Å². The Morgan fingerprint density at radius 2 is 1.89 bits per heavy atom. The number of halogens is 1. The van der Waals surface area contributed by atoms with Gasteiger partial charge in [0.05, 0.1) is 5.39 Å². The van der Waals surface area contributed by atoms with Crippen LogP contribution in [0.5, 0.6) is 0 Å². The Bertz CT molecular complexity index is 652. The quantitative estimate of drug-likeness (QED) is 0.751. The fourth-order valence-electron chi connectivity index (χ4n) is 1.73. The molecule has 0 radical (unpaired) electrons. The van der Waals surface area contributed by atoms with E-state index in [0.29, 0.717) is 0 Å². The number of para-hydroxylation sites is 1. The minimum Gasteiger partial charge on any atom is -1.00 e. The molecule has 1 aromatic carbocycles. The second-order valence-electron chi connectivity index (χ2n) is 3.79. The number of thiophene rings is 1. The van der Waals surface area contributed by atoms with Crippen LogP contribution in [-0.4, -0.2) is 9.97 Å². The summed E-state index contributed by atoms with van der Waals surface area (Å²) in [5.74, 6) is 0.866. The Hall–Kier alpha value is -1.65. The molecule has 3 rings (SSSR count). The number of aryl methyl sites for hydroxylation is 1. The monoisotopic (exact) mass is 276 g/mol. The molecular formula is C13H11ClN3S-. The Labute approximate surface area is 115 Å². The highest BCUT2D eigenvalue weighted by molar-refractivity contribution is 7.18. The van der Waals surface area contributed by atoms with Crippen LogP contribution in [0.2, 0.25) is 0 Å². The van der Waals surface area contributed by atoms with Gasteiger partial charge in [0.25, 0.3) is 0 Å². The molecule has 3 aromatic rings. The van der Waals surface area contributed by atoms with Crippen molar-refractivity contribution in [1.82, 2.24) is 9.97 Å². The molecule has 1 N–H and O–H groups in total. The molecule has 0 bridgehead atoms. The summed E-state index contributed by atoms with van der Waals surface area (Å²) >= 11 is 1.69. The lowest BCUT2D eigenvalue weighted by atomic mass is 10.3. The number of benzene rings is 1. The standard InChI is InChI=1S/C13H11N3S.ClH/c1-9-7-11-12(14-8-15-13(11)17-9)16-10-5-3-2-4-6-10;/h2-8H,1H3,(H,14,15,16);1H/p-1. The van der Waals surface area contributed by atoms with Crippen molar-refractivity contribution < 1.29 is 12.4 Å². The summed E-state index contributed by atoms with van der Waals surface area (Å²) in [6, 6.07) is 12.2. The highest BCUT2D eigenvalue weighted by Crippen LogP contribution is 2.29. The van der Waals surface area contributed by atoms with Gasteiger partial charge in [0, 0.05) is 10.6 Å². The highest BCUT2D eigenvalue weighted by Gasteiger charge is 2.06. The van der Waals surface area contributed by atoms with Crippen LogP contribution in [0.25, 0.3) is 10.2 Å². The van der Waals surface area contributed by atoms with Crippen molar-refractivity contribution in [2.24, 2.45) is 0 Å². The molecule has 3 nitrogen and oxygen atoms in total. The third kappa shape index (κ3) is 2.44. The lowest BCUT2D eigenvalue weighted by Gasteiger charge is -2.05. The molecule has 0 aliphatic rings. The van der Waals surface area contributed by atoms with Gasteiger partial charge in [-0.1, -0.05) is 18.2 Å². The first-order valence-corrected chi connectivity index (χ1v) is 6.18. The maximum Gasteiger partial charge on any atom is 0.142 e. The Morgan fingerprint density at radius 3 is 2.67 bits per heavy atom. The lowest BCUT2D eigenvalue weighted by Crippen LogP contribution is -3.00. The van der Waals surface area contributed by atoms with Crippen LogP contribution in [0.15, 0.2) is 42.7 Å². The zero-order valence-corrected chi connectivity index (χ0v) is 11.3. The van der Waals surface area contributed by atoms with E-state index in [2.05, 4.69) is 28.3 Å². The van der Waals surface area contributed by atoms with Gasteiger partial charge in [-0.25, -0.2) is 9.97 Å². The van der Waals surface area contributed by atoms with E-state index < -0.39 is 0 Å². The maximum absolute atomic E-state index is 4.30. The van der Waals surface area contributed by atoms with Gasteiger partial charge in [-0.2, -0.15) is 0 Å². The molecule has 0 unspecified atom stereocenters. The summed E-state index contributed by atoms with van der Waals surface area (Å²) < 4.78 is 0. The Kier molecular flexibility index (Phi) is 3.79. The summed E-state index contributed by atoms with van der Waals surface area (Å²) in [6.07, 6.45) is 1.60. The molecule has 0 aliphatic carbocycles. The summed E-state index contributed by atoms with van der Waals surface area (Å²) in [7, 11) is 0. The van der Waals surface area contributed by atoms with Crippen LogP contribution in [-0.2, 0) is 0 Å². The van der Waals surface area contributed by atoms with Gasteiger partial charge in [0.1, 0.15) is 17.0 Å². The third-order valence-electron chi connectivity index (χ3n) is 2.49. The molecule has 92 valence electrons. The molecule has 18 heavy (non-hydrogen) atoms. The largest absolute Gasteiger partial charge is 1.00 e. The van der Waals surface area contributed by atoms with Crippen LogP contribution < -0.4 is 17.7 Å². The summed E-state index contributed by atoms with van der Waals surface area (Å²) in [4.78, 5) is 10.8. The molecule has 0 saturated carbocycles. The Morgan fingerprint density at radius 1 is 1.11 bits per heavy atom. The topological polar surface area (TPSA) is 37.8 Å². The fraction of sp³-hybridized carbons (Fsp3) is 0.0769. The molecular weight excluding hydrogens is 266 g/mol. The van der Waals surface area contributed by atoms with E-state index in [1.165, 1.54) is 4.88 Å². The minimum atomic E-state index is 0. The lowest BCUT2D eigenvalue weighted by molar-refractivity contribution is -0.00000343. The Balaban J connectivity index is 0.00000120. The van der Waals surface area contributed by atoms with Crippen molar-refractivity contribution in [2.75, 3.05) is 5.32 Å². The number of fused-ring (bicyclic) bond motifs is 1. The smallest absolute Gasteiger partial charge is 0.142 e. The van der Waals surface area contributed by atoms with Gasteiger partial charge in [-0.15, -0.1) is 11.3 Å². The first-order chi connectivity index (χ1) is 8.33. The molecule has 2 heterocycles. The van der Waals surface area contributed by atoms with Crippen LogP contribution in [0, 0.1) is 6.92 Å². The van der Waals surface area contributed by atoms with E-state index in [1.807, 2.05) is 30.3 Å². The van der Waals surface area contributed by atoms with E-state index >= 15 is 0 Å². The van der Waals surface area contributed by atoms with Gasteiger partial charge in [-0.3, -0.25) is 0 Å². The van der Waals surface area contributed by atoms with Crippen molar-refractivity contribution in [2.45, 2.75) is 6.92 Å². The predicted molar refractivity (Wildman–Crippen MR) is 71.9 cm³/mol. The van der Waals surface area contributed by atoms with Crippen molar-refractivity contribution in [3.8, 4) is 0 Å². The van der Waals surface area contributed by atoms with E-state index in [1.54, 1.807) is 17.7 Å². The van der Waals surface area contributed by atoms with Crippen LogP contribution in [0.4, 0.5) is 11.5 Å². The summed E-state index contributed by atoms with van der Waals surface area (Å²) in [5.41, 5.74) is 1.04. The number of aromatic nitrogens is 2. The number of nitrogens with zero attached hydrogens (tertiary/aromatic N) is 2. The molecule has 0 atom stereocenters. The molecule has 0 fully saturated rings. The molecule has 0 aliphatic heterocycles. The predicted octanol–water partition coefficient (Wildman–Crippen LogP) is 0.747. The van der Waals surface area contributed by atoms with Crippen LogP contribution in [0.3, 0.4) is 0 Å². The zero-order chi connectivity index (χ0) is 11.7. The zero-order valence-electron chi connectivity index (χ0n) is 9.72. The maximum atomic E-state index is 4.30. The van der Waals surface area contributed by atoms with Crippen LogP contribution >= 0.6 is 11.3 Å². The van der Waals surface area contributed by atoms with Crippen molar-refractivity contribution >= 4 is 33.1 Å². The fourth-order valence-corrected chi connectivity index (χ4v) is 2.58. The molecule has 0 amide bonds. The second-order valence-corrected chi connectivity index (χ2v) is 5.02. The molecule has 5 heteroatoms. The number of anilines is 2. The van der Waals surface area contributed by atoms with Gasteiger partial charge >= 0.3 is 0 Å². The van der Waals surface area contributed by atoms with E-state index in [0.717, 1.165) is 21.7 Å². The SMILES string of the molecule is Cc1cc2c(Nc3ccccc3)ncnc2s1.[Cl-]. The van der Waals surface area contributed by atoms with Crippen molar-refractivity contribution in [1.29, 1.82) is 0 Å². The van der Waals surface area contributed by atoms with Crippen molar-refractivity contribution in [3.63, 3.8) is 0 Å². The molecule has 0 saturated heterocycles. The minimum absolute atomic E-state index is 0. The van der Waals surface area contributed by atoms with E-state index in [-0.39, 0.29) is 12.4 Å². The average molecular weight is 277 g/mol. The van der Waals surface area contributed by atoms with Gasteiger partial charge < -0.3 is 17.7 Å². The number of rotatable bonds is 2. The van der Waals surface area contributed by atoms with E-state index in [4.69, 9.17) is 0 Å². The van der Waals surface area contributed by atoms with Crippen LogP contribution in [0.1, 0.15) is 4.88 Å². The van der Waals surface area contributed by atoms with Gasteiger partial charge in [0.2, 0.25) is 0 Å². The molecule has 2 aromatic heterocycles. The van der Waals surface area contributed by atoms with Gasteiger partial charge in [0.15, 0.2) is 0 Å². The number of hydrogen-bond acceptors (Lipinski definition) is 4. The molecule has 0 spiro atoms. The number of hydrogen-bond donors (Lipinski definition) is 1. The first kappa shape index (κ1) is 12.8. The average Bonchev–Trinajstić information content (AvgIpc) is 2.72. The number of nitrogens with one attached hydrogen (secondary N) is 1. The normalized spacial score (nSPS) is 10.1. The highest BCUT2D eigenvalue weighted by atomic mass is 35.5. The first-order valence-electron chi connectivity index (χ1n) is 5.36. The second kappa shape index (κ2) is 5.33. The summed E-state index contributed by atoms with van der Waals surface area (Å²) in [6.45, 7) is 2.08. The van der Waals surface area contributed by atoms with E-state index in [9.17, 15) is 0 Å².